The van der Waals surface area contributed by atoms with Crippen LogP contribution in [-0.2, 0) is 27.0 Å². The number of alkyl halides is 3. The van der Waals surface area contributed by atoms with Gasteiger partial charge < -0.3 is 9.64 Å². The highest BCUT2D eigenvalue weighted by atomic mass is 19.4. The topological polar surface area (TPSA) is 64.4 Å². The van der Waals surface area contributed by atoms with E-state index in [0.717, 1.165) is 16.9 Å². The van der Waals surface area contributed by atoms with Crippen LogP contribution in [0.25, 0.3) is 0 Å². The molecule has 0 saturated carbocycles. The molecule has 0 spiro atoms. The Kier molecular flexibility index (Phi) is 5.34. The van der Waals surface area contributed by atoms with Crippen molar-refractivity contribution in [3.63, 3.8) is 0 Å². The molecule has 1 atom stereocenters. The summed E-state index contributed by atoms with van der Waals surface area (Å²) < 4.78 is 42.6. The first-order valence-electron chi connectivity index (χ1n) is 6.07. The summed E-state index contributed by atoms with van der Waals surface area (Å²) in [6.45, 7) is 1.37. The Balaban J connectivity index is 2.60. The van der Waals surface area contributed by atoms with E-state index in [1.54, 1.807) is 6.92 Å². The lowest BCUT2D eigenvalue weighted by molar-refractivity contribution is -0.146. The number of esters is 1. The lowest BCUT2D eigenvalue weighted by atomic mass is 10.2. The van der Waals surface area contributed by atoms with Gasteiger partial charge in [0.25, 0.3) is 0 Å². The van der Waals surface area contributed by atoms with E-state index >= 15 is 0 Å². The van der Waals surface area contributed by atoms with E-state index in [-0.39, 0.29) is 13.1 Å². The summed E-state index contributed by atoms with van der Waals surface area (Å²) in [5, 5.41) is 3.29. The lowest BCUT2D eigenvalue weighted by Gasteiger charge is -2.20. The van der Waals surface area contributed by atoms with Gasteiger partial charge in [-0.2, -0.15) is 18.3 Å². The molecule has 0 aliphatic carbocycles. The maximum atomic E-state index is 12.4. The number of halogens is 3. The Labute approximate surface area is 119 Å². The third kappa shape index (κ3) is 4.76. The van der Waals surface area contributed by atoms with Gasteiger partial charge >= 0.3 is 12.1 Å². The summed E-state index contributed by atoms with van der Waals surface area (Å²) in [5.41, 5.74) is -1.05. The van der Waals surface area contributed by atoms with E-state index < -0.39 is 29.7 Å². The van der Waals surface area contributed by atoms with E-state index in [1.165, 1.54) is 19.1 Å². The molecule has 21 heavy (non-hydrogen) atoms. The Morgan fingerprint density at radius 1 is 1.48 bits per heavy atom. The average Bonchev–Trinajstić information content (AvgIpc) is 2.85. The number of ether oxygens (including phenoxy) is 1. The quantitative estimate of drug-likeness (QED) is 0.766. The van der Waals surface area contributed by atoms with Gasteiger partial charge in [0.2, 0.25) is 5.91 Å². The highest BCUT2D eigenvalue weighted by Gasteiger charge is 2.33. The van der Waals surface area contributed by atoms with E-state index in [2.05, 4.69) is 9.84 Å². The van der Waals surface area contributed by atoms with E-state index in [1.807, 2.05) is 0 Å². The molecule has 0 saturated heterocycles. The SMILES string of the molecule is COC(=O)C(C)CN(C)C(=O)Cn1ccc(C(F)(F)F)n1. The van der Waals surface area contributed by atoms with Gasteiger partial charge in [-0.25, -0.2) is 0 Å². The minimum absolute atomic E-state index is 0.110. The highest BCUT2D eigenvalue weighted by molar-refractivity contribution is 5.77. The molecule has 1 rings (SSSR count). The van der Waals surface area contributed by atoms with Crippen molar-refractivity contribution >= 4 is 11.9 Å². The number of carbonyl (C=O) groups is 2. The zero-order valence-electron chi connectivity index (χ0n) is 11.8. The highest BCUT2D eigenvalue weighted by Crippen LogP contribution is 2.27. The second-order valence-corrected chi connectivity index (χ2v) is 4.59. The standard InChI is InChI=1S/C12H16F3N3O3/c1-8(11(20)21-3)6-17(2)10(19)7-18-5-4-9(16-18)12(13,14)15/h4-5,8H,6-7H2,1-3H3. The molecule has 0 bridgehead atoms. The van der Waals surface area contributed by atoms with Crippen LogP contribution < -0.4 is 0 Å². The van der Waals surface area contributed by atoms with Gasteiger partial charge in [0, 0.05) is 19.8 Å². The minimum Gasteiger partial charge on any atom is -0.469 e. The fraction of sp³-hybridized carbons (Fsp3) is 0.583. The summed E-state index contributed by atoms with van der Waals surface area (Å²) in [7, 11) is 2.69. The monoisotopic (exact) mass is 307 g/mol. The molecule has 1 aromatic heterocycles. The van der Waals surface area contributed by atoms with Gasteiger partial charge in [-0.3, -0.25) is 14.3 Å². The molecule has 0 aliphatic rings. The number of likely N-dealkylation sites (N-methyl/N-ethyl adjacent to an activating group) is 1. The summed E-state index contributed by atoms with van der Waals surface area (Å²) in [6, 6.07) is 0.796. The normalized spacial score (nSPS) is 12.9. The van der Waals surface area contributed by atoms with Crippen molar-refractivity contribution in [3.05, 3.63) is 18.0 Å². The molecule has 1 unspecified atom stereocenters. The molecule has 1 amide bonds. The third-order valence-electron chi connectivity index (χ3n) is 2.81. The molecule has 0 radical (unpaired) electrons. The molecule has 0 aromatic carbocycles. The Hall–Kier alpha value is -2.06. The van der Waals surface area contributed by atoms with Gasteiger partial charge in [-0.05, 0) is 6.07 Å². The molecular formula is C12H16F3N3O3. The van der Waals surface area contributed by atoms with Crippen LogP contribution in [0.3, 0.4) is 0 Å². The van der Waals surface area contributed by atoms with Crippen molar-refractivity contribution < 1.29 is 27.5 Å². The zero-order valence-corrected chi connectivity index (χ0v) is 11.8. The minimum atomic E-state index is -4.54. The molecule has 0 N–H and O–H groups in total. The third-order valence-corrected chi connectivity index (χ3v) is 2.81. The van der Waals surface area contributed by atoms with Crippen molar-refractivity contribution in [2.24, 2.45) is 5.92 Å². The van der Waals surface area contributed by atoms with Crippen LogP contribution in [0.15, 0.2) is 12.3 Å². The molecule has 6 nitrogen and oxygen atoms in total. The lowest BCUT2D eigenvalue weighted by Crippen LogP contribution is -2.36. The number of nitrogens with zero attached hydrogens (tertiary/aromatic N) is 3. The van der Waals surface area contributed by atoms with Crippen molar-refractivity contribution in [1.82, 2.24) is 14.7 Å². The zero-order chi connectivity index (χ0) is 16.2. The summed E-state index contributed by atoms with van der Waals surface area (Å²) in [6.07, 6.45) is -3.46. The number of aromatic nitrogens is 2. The van der Waals surface area contributed by atoms with Gasteiger partial charge in [0.1, 0.15) is 6.54 Å². The molecule has 0 aliphatic heterocycles. The van der Waals surface area contributed by atoms with Crippen LogP contribution in [0.4, 0.5) is 13.2 Å². The van der Waals surface area contributed by atoms with Crippen LogP contribution in [-0.4, -0.2) is 47.3 Å². The number of carbonyl (C=O) groups excluding carboxylic acids is 2. The van der Waals surface area contributed by atoms with E-state index in [4.69, 9.17) is 0 Å². The molecule has 1 aromatic rings. The van der Waals surface area contributed by atoms with Gasteiger partial charge in [0.15, 0.2) is 5.69 Å². The van der Waals surface area contributed by atoms with Crippen molar-refractivity contribution in [1.29, 1.82) is 0 Å². The van der Waals surface area contributed by atoms with E-state index in [9.17, 15) is 22.8 Å². The smallest absolute Gasteiger partial charge is 0.435 e. The second-order valence-electron chi connectivity index (χ2n) is 4.59. The molecule has 0 fully saturated rings. The predicted octanol–water partition coefficient (Wildman–Crippen LogP) is 1.17. The number of amides is 1. The first-order chi connectivity index (χ1) is 9.65. The van der Waals surface area contributed by atoms with Crippen LogP contribution in [0, 0.1) is 5.92 Å². The summed E-state index contributed by atoms with van der Waals surface area (Å²) >= 11 is 0. The number of rotatable bonds is 5. The van der Waals surface area contributed by atoms with Crippen LogP contribution in [0.2, 0.25) is 0 Å². The summed E-state index contributed by atoms with van der Waals surface area (Å²) in [5.74, 6) is -1.44. The maximum Gasteiger partial charge on any atom is 0.435 e. The fourth-order valence-electron chi connectivity index (χ4n) is 1.65. The van der Waals surface area contributed by atoms with Crippen LogP contribution in [0.5, 0.6) is 0 Å². The van der Waals surface area contributed by atoms with Gasteiger partial charge in [0.05, 0.1) is 13.0 Å². The number of hydrogen-bond donors (Lipinski definition) is 0. The largest absolute Gasteiger partial charge is 0.469 e. The number of hydrogen-bond acceptors (Lipinski definition) is 4. The molecule has 118 valence electrons. The van der Waals surface area contributed by atoms with Crippen LogP contribution >= 0.6 is 0 Å². The maximum absolute atomic E-state index is 12.4. The average molecular weight is 307 g/mol. The predicted molar refractivity (Wildman–Crippen MR) is 66.0 cm³/mol. The number of methoxy groups -OCH3 is 1. The van der Waals surface area contributed by atoms with E-state index in [0.29, 0.717) is 0 Å². The van der Waals surface area contributed by atoms with Gasteiger partial charge in [-0.1, -0.05) is 6.92 Å². The van der Waals surface area contributed by atoms with Crippen molar-refractivity contribution in [2.45, 2.75) is 19.6 Å². The van der Waals surface area contributed by atoms with Gasteiger partial charge in [-0.15, -0.1) is 0 Å². The first kappa shape index (κ1) is 17.0. The summed E-state index contributed by atoms with van der Waals surface area (Å²) in [4.78, 5) is 24.3. The Bertz CT molecular complexity index is 513. The van der Waals surface area contributed by atoms with Crippen molar-refractivity contribution in [3.8, 4) is 0 Å². The fourth-order valence-corrected chi connectivity index (χ4v) is 1.65. The Morgan fingerprint density at radius 2 is 2.10 bits per heavy atom. The van der Waals surface area contributed by atoms with Crippen molar-refractivity contribution in [2.75, 3.05) is 20.7 Å². The molecule has 9 heteroatoms. The first-order valence-corrected chi connectivity index (χ1v) is 6.07. The van der Waals surface area contributed by atoms with Crippen LogP contribution in [0.1, 0.15) is 12.6 Å². The molecule has 1 heterocycles. The second kappa shape index (κ2) is 6.59. The molecular weight excluding hydrogens is 291 g/mol. The Morgan fingerprint density at radius 3 is 2.57 bits per heavy atom.